The maximum Gasteiger partial charge on any atom is 0.387 e. The van der Waals surface area contributed by atoms with Crippen LogP contribution in [0.5, 0.6) is 0 Å². The van der Waals surface area contributed by atoms with Crippen molar-refractivity contribution in [2.24, 2.45) is 5.92 Å². The minimum absolute atomic E-state index is 0.0747. The third-order valence-electron chi connectivity index (χ3n) is 1.36. The molecule has 74 valence electrons. The van der Waals surface area contributed by atoms with Crippen molar-refractivity contribution >= 4 is 11.8 Å². The first-order chi connectivity index (χ1) is 5.86. The van der Waals surface area contributed by atoms with Gasteiger partial charge in [0.05, 0.1) is 0 Å². The molecular formula is C7H11NO5. The highest BCUT2D eigenvalue weighted by Crippen LogP contribution is 2.05. The Labute approximate surface area is 74.7 Å². The standard InChI is InChI=1S/C7H11NO5/c1-4(2)3-5(9)6(7(10)11)8(12)13/h4,6H,3H2,1-2H3,(H,10,11). The fraction of sp³-hybridized carbons (Fsp3) is 0.714. The summed E-state index contributed by atoms with van der Waals surface area (Å²) in [7, 11) is 0. The van der Waals surface area contributed by atoms with Crippen LogP contribution < -0.4 is 0 Å². The van der Waals surface area contributed by atoms with Gasteiger partial charge in [-0.05, 0) is 5.92 Å². The molecule has 0 radical (unpaired) electrons. The van der Waals surface area contributed by atoms with Crippen molar-refractivity contribution in [3.63, 3.8) is 0 Å². The molecule has 0 rings (SSSR count). The fourth-order valence-corrected chi connectivity index (χ4v) is 0.859. The van der Waals surface area contributed by atoms with Gasteiger partial charge < -0.3 is 5.11 Å². The number of aliphatic carboxylic acids is 1. The Bertz CT molecular complexity index is 221. The van der Waals surface area contributed by atoms with E-state index in [1.807, 2.05) is 0 Å². The number of hydrogen-bond donors (Lipinski definition) is 1. The predicted octanol–water partition coefficient (Wildman–Crippen LogP) is 0.332. The van der Waals surface area contributed by atoms with Gasteiger partial charge in [-0.1, -0.05) is 13.8 Å². The van der Waals surface area contributed by atoms with Crippen LogP contribution in [0.2, 0.25) is 0 Å². The second kappa shape index (κ2) is 4.54. The van der Waals surface area contributed by atoms with Crippen molar-refractivity contribution in [3.8, 4) is 0 Å². The van der Waals surface area contributed by atoms with E-state index >= 15 is 0 Å². The van der Waals surface area contributed by atoms with Gasteiger partial charge in [0.15, 0.2) is 0 Å². The van der Waals surface area contributed by atoms with E-state index in [2.05, 4.69) is 0 Å². The van der Waals surface area contributed by atoms with Crippen LogP contribution in [-0.4, -0.2) is 27.8 Å². The highest BCUT2D eigenvalue weighted by molar-refractivity contribution is 6.00. The lowest BCUT2D eigenvalue weighted by atomic mass is 10.0. The van der Waals surface area contributed by atoms with Gasteiger partial charge in [-0.15, -0.1) is 0 Å². The Morgan fingerprint density at radius 1 is 1.46 bits per heavy atom. The highest BCUT2D eigenvalue weighted by Gasteiger charge is 2.37. The van der Waals surface area contributed by atoms with E-state index in [-0.39, 0.29) is 12.3 Å². The summed E-state index contributed by atoms with van der Waals surface area (Å²) >= 11 is 0. The van der Waals surface area contributed by atoms with Crippen molar-refractivity contribution in [2.75, 3.05) is 0 Å². The van der Waals surface area contributed by atoms with Crippen molar-refractivity contribution < 1.29 is 19.6 Å². The van der Waals surface area contributed by atoms with E-state index in [4.69, 9.17) is 5.11 Å². The van der Waals surface area contributed by atoms with Crippen molar-refractivity contribution in [1.29, 1.82) is 0 Å². The maximum absolute atomic E-state index is 11.0. The Balaban J connectivity index is 4.48. The van der Waals surface area contributed by atoms with Gasteiger partial charge in [0.25, 0.3) is 0 Å². The number of carbonyl (C=O) groups is 2. The Morgan fingerprint density at radius 3 is 2.15 bits per heavy atom. The molecule has 0 aromatic heterocycles. The topological polar surface area (TPSA) is 97.5 Å². The highest BCUT2D eigenvalue weighted by atomic mass is 16.6. The minimum Gasteiger partial charge on any atom is -0.476 e. The molecule has 0 saturated heterocycles. The van der Waals surface area contributed by atoms with Gasteiger partial charge in [-0.25, -0.2) is 4.79 Å². The average Bonchev–Trinajstić information content (AvgIpc) is 1.81. The molecule has 0 aromatic carbocycles. The van der Waals surface area contributed by atoms with E-state index in [0.717, 1.165) is 0 Å². The summed E-state index contributed by atoms with van der Waals surface area (Å²) in [6.45, 7) is 3.38. The number of carboxylic acids is 1. The molecule has 1 unspecified atom stereocenters. The van der Waals surface area contributed by atoms with E-state index in [1.165, 1.54) is 0 Å². The number of Topliss-reactive ketones (excluding diaryl/α,β-unsaturated/α-hetero) is 1. The number of nitro groups is 1. The van der Waals surface area contributed by atoms with Crippen molar-refractivity contribution in [1.82, 2.24) is 0 Å². The molecule has 0 aliphatic rings. The summed E-state index contributed by atoms with van der Waals surface area (Å²) < 4.78 is 0. The normalized spacial score (nSPS) is 12.5. The van der Waals surface area contributed by atoms with Crippen LogP contribution >= 0.6 is 0 Å². The predicted molar refractivity (Wildman–Crippen MR) is 42.9 cm³/mol. The summed E-state index contributed by atoms with van der Waals surface area (Å²) in [5.41, 5.74) is 0. The molecule has 0 spiro atoms. The zero-order valence-corrected chi connectivity index (χ0v) is 7.39. The van der Waals surface area contributed by atoms with E-state index in [9.17, 15) is 19.7 Å². The fourth-order valence-electron chi connectivity index (χ4n) is 0.859. The molecule has 1 atom stereocenters. The van der Waals surface area contributed by atoms with Crippen LogP contribution in [0.15, 0.2) is 0 Å². The first-order valence-corrected chi connectivity index (χ1v) is 3.75. The van der Waals surface area contributed by atoms with Crippen LogP contribution in [0.1, 0.15) is 20.3 Å². The minimum atomic E-state index is -2.11. The number of hydrogen-bond acceptors (Lipinski definition) is 4. The molecule has 0 saturated carbocycles. The molecule has 0 amide bonds. The van der Waals surface area contributed by atoms with Gasteiger partial charge in [0.2, 0.25) is 5.78 Å². The summed E-state index contributed by atoms with van der Waals surface area (Å²) in [6.07, 6.45) is -0.0854. The molecule has 0 aliphatic carbocycles. The molecule has 0 heterocycles. The average molecular weight is 189 g/mol. The van der Waals surface area contributed by atoms with Crippen LogP contribution in [0.25, 0.3) is 0 Å². The Morgan fingerprint density at radius 2 is 1.92 bits per heavy atom. The molecule has 0 aromatic rings. The van der Waals surface area contributed by atoms with Crippen LogP contribution in [0.4, 0.5) is 0 Å². The second-order valence-electron chi connectivity index (χ2n) is 3.09. The van der Waals surface area contributed by atoms with E-state index in [1.54, 1.807) is 13.8 Å². The van der Waals surface area contributed by atoms with E-state index < -0.39 is 22.7 Å². The zero-order valence-electron chi connectivity index (χ0n) is 7.39. The maximum atomic E-state index is 11.0. The molecule has 0 fully saturated rings. The number of rotatable bonds is 5. The van der Waals surface area contributed by atoms with Gasteiger partial charge in [0, 0.05) is 11.3 Å². The first-order valence-electron chi connectivity index (χ1n) is 3.75. The second-order valence-corrected chi connectivity index (χ2v) is 3.09. The monoisotopic (exact) mass is 189 g/mol. The van der Waals surface area contributed by atoms with E-state index in [0.29, 0.717) is 0 Å². The summed E-state index contributed by atoms with van der Waals surface area (Å²) in [5, 5.41) is 18.5. The summed E-state index contributed by atoms with van der Waals surface area (Å²) in [4.78, 5) is 30.4. The van der Waals surface area contributed by atoms with Gasteiger partial charge in [-0.3, -0.25) is 14.9 Å². The van der Waals surface area contributed by atoms with Gasteiger partial charge in [-0.2, -0.15) is 0 Å². The summed E-state index contributed by atoms with van der Waals surface area (Å²) in [5.74, 6) is -2.63. The lowest BCUT2D eigenvalue weighted by Crippen LogP contribution is -2.37. The first kappa shape index (κ1) is 11.5. The lowest BCUT2D eigenvalue weighted by Gasteiger charge is -2.05. The van der Waals surface area contributed by atoms with Crippen molar-refractivity contribution in [3.05, 3.63) is 10.1 Å². The molecule has 0 bridgehead atoms. The lowest BCUT2D eigenvalue weighted by molar-refractivity contribution is -0.496. The third-order valence-corrected chi connectivity index (χ3v) is 1.36. The molecule has 6 nitrogen and oxygen atoms in total. The van der Waals surface area contributed by atoms with Gasteiger partial charge in [0.1, 0.15) is 0 Å². The summed E-state index contributed by atoms with van der Waals surface area (Å²) in [6, 6.07) is -2.11. The number of carbonyl (C=O) groups excluding carboxylic acids is 1. The smallest absolute Gasteiger partial charge is 0.387 e. The molecule has 1 N–H and O–H groups in total. The third kappa shape index (κ3) is 3.64. The zero-order chi connectivity index (χ0) is 10.6. The Kier molecular flexibility index (Phi) is 4.03. The SMILES string of the molecule is CC(C)CC(=O)C(C(=O)O)[N+](=O)[O-]. The van der Waals surface area contributed by atoms with Crippen molar-refractivity contribution in [2.45, 2.75) is 26.3 Å². The molecular weight excluding hydrogens is 178 g/mol. The van der Waals surface area contributed by atoms with Gasteiger partial charge >= 0.3 is 12.0 Å². The number of carboxylic acid groups (broad SMARTS) is 1. The quantitative estimate of drug-likeness (QED) is 0.382. The van der Waals surface area contributed by atoms with Crippen LogP contribution in [-0.2, 0) is 9.59 Å². The number of ketones is 1. The molecule has 13 heavy (non-hydrogen) atoms. The molecule has 6 heteroatoms. The van der Waals surface area contributed by atoms with Crippen LogP contribution in [0.3, 0.4) is 0 Å². The van der Waals surface area contributed by atoms with Crippen LogP contribution in [0, 0.1) is 16.0 Å². The molecule has 0 aliphatic heterocycles. The Hall–Kier alpha value is -1.46. The number of nitrogens with zero attached hydrogens (tertiary/aromatic N) is 1. The largest absolute Gasteiger partial charge is 0.476 e.